The van der Waals surface area contributed by atoms with Gasteiger partial charge in [-0.05, 0) is 50.5 Å². The number of esters is 1. The third-order valence-electron chi connectivity index (χ3n) is 4.97. The first-order valence-corrected chi connectivity index (χ1v) is 9.48. The summed E-state index contributed by atoms with van der Waals surface area (Å²) in [6.45, 7) is 7.72. The molecule has 0 radical (unpaired) electrons. The molecule has 0 bridgehead atoms. The molecule has 1 heterocycles. The molecule has 1 amide bonds. The summed E-state index contributed by atoms with van der Waals surface area (Å²) in [5.74, 6) is -0.922. The topological polar surface area (TPSA) is 73.2 Å². The summed E-state index contributed by atoms with van der Waals surface area (Å²) in [5.41, 5.74) is 5.57. The molecule has 0 atom stereocenters. The number of carbonyl (C=O) groups is 2. The van der Waals surface area contributed by atoms with Crippen LogP contribution >= 0.6 is 0 Å². The van der Waals surface area contributed by atoms with Gasteiger partial charge in [-0.3, -0.25) is 9.48 Å². The van der Waals surface area contributed by atoms with Gasteiger partial charge < -0.3 is 10.1 Å². The number of rotatable bonds is 6. The second-order valence-electron chi connectivity index (χ2n) is 7.06. The van der Waals surface area contributed by atoms with Crippen LogP contribution in [-0.2, 0) is 16.1 Å². The third kappa shape index (κ3) is 4.71. The van der Waals surface area contributed by atoms with Crippen molar-refractivity contribution in [3.63, 3.8) is 0 Å². The minimum absolute atomic E-state index is 0.352. The monoisotopic (exact) mass is 391 g/mol. The van der Waals surface area contributed by atoms with Crippen LogP contribution < -0.4 is 5.32 Å². The average Bonchev–Trinajstić information content (AvgIpc) is 2.97. The van der Waals surface area contributed by atoms with Crippen molar-refractivity contribution in [2.24, 2.45) is 0 Å². The minimum Gasteiger partial charge on any atom is -0.452 e. The molecule has 0 spiro atoms. The zero-order valence-electron chi connectivity index (χ0n) is 17.2. The normalized spacial score (nSPS) is 10.6. The van der Waals surface area contributed by atoms with Gasteiger partial charge in [0.25, 0.3) is 5.91 Å². The highest BCUT2D eigenvalue weighted by atomic mass is 16.5. The van der Waals surface area contributed by atoms with Crippen LogP contribution in [0, 0.1) is 27.7 Å². The molecule has 3 aromatic rings. The van der Waals surface area contributed by atoms with Crippen molar-refractivity contribution in [1.29, 1.82) is 0 Å². The van der Waals surface area contributed by atoms with Crippen LogP contribution in [0.3, 0.4) is 0 Å². The van der Waals surface area contributed by atoms with Crippen molar-refractivity contribution >= 4 is 17.6 Å². The van der Waals surface area contributed by atoms with Gasteiger partial charge in [-0.2, -0.15) is 5.10 Å². The number of anilines is 1. The molecule has 3 rings (SSSR count). The van der Waals surface area contributed by atoms with E-state index in [9.17, 15) is 9.59 Å². The average molecular weight is 391 g/mol. The third-order valence-corrected chi connectivity index (χ3v) is 4.97. The Morgan fingerprint density at radius 2 is 1.72 bits per heavy atom. The smallest absolute Gasteiger partial charge is 0.342 e. The molecular formula is C23H25N3O3. The maximum absolute atomic E-state index is 12.6. The van der Waals surface area contributed by atoms with Crippen LogP contribution in [0.25, 0.3) is 0 Å². The SMILES string of the molecule is Cc1cccc(NC(=O)COC(=O)c2c(C)nn(Cc3ccccc3)c2C)c1C. The van der Waals surface area contributed by atoms with Gasteiger partial charge in [0.15, 0.2) is 6.61 Å². The number of nitrogens with one attached hydrogen (secondary N) is 1. The molecule has 29 heavy (non-hydrogen) atoms. The molecule has 0 aliphatic carbocycles. The fraction of sp³-hybridized carbons (Fsp3) is 0.261. The van der Waals surface area contributed by atoms with Gasteiger partial charge in [0.05, 0.1) is 17.9 Å². The highest BCUT2D eigenvalue weighted by molar-refractivity contribution is 5.96. The molecular weight excluding hydrogens is 366 g/mol. The quantitative estimate of drug-likeness (QED) is 0.646. The van der Waals surface area contributed by atoms with Crippen molar-refractivity contribution in [1.82, 2.24) is 9.78 Å². The van der Waals surface area contributed by atoms with Crippen LogP contribution in [0.15, 0.2) is 48.5 Å². The summed E-state index contributed by atoms with van der Waals surface area (Å²) in [4.78, 5) is 24.8. The van der Waals surface area contributed by atoms with E-state index in [2.05, 4.69) is 10.4 Å². The Balaban J connectivity index is 1.65. The van der Waals surface area contributed by atoms with Crippen molar-refractivity contribution in [2.75, 3.05) is 11.9 Å². The molecule has 1 aromatic heterocycles. The van der Waals surface area contributed by atoms with E-state index in [1.807, 2.05) is 69.3 Å². The maximum atomic E-state index is 12.6. The van der Waals surface area contributed by atoms with Crippen molar-refractivity contribution in [3.05, 3.63) is 82.2 Å². The molecule has 0 aliphatic rings. The summed E-state index contributed by atoms with van der Waals surface area (Å²) in [5, 5.41) is 7.25. The first-order valence-electron chi connectivity index (χ1n) is 9.48. The Bertz CT molecular complexity index is 1040. The number of carbonyl (C=O) groups excluding carboxylic acids is 2. The van der Waals surface area contributed by atoms with Gasteiger partial charge in [0, 0.05) is 5.69 Å². The zero-order chi connectivity index (χ0) is 21.0. The Morgan fingerprint density at radius 3 is 2.45 bits per heavy atom. The lowest BCUT2D eigenvalue weighted by Gasteiger charge is -2.11. The zero-order valence-corrected chi connectivity index (χ0v) is 17.2. The fourth-order valence-electron chi connectivity index (χ4n) is 3.18. The molecule has 0 unspecified atom stereocenters. The largest absolute Gasteiger partial charge is 0.452 e. The van der Waals surface area contributed by atoms with Gasteiger partial charge in [-0.1, -0.05) is 42.5 Å². The van der Waals surface area contributed by atoms with Crippen molar-refractivity contribution < 1.29 is 14.3 Å². The van der Waals surface area contributed by atoms with Gasteiger partial charge in [-0.15, -0.1) is 0 Å². The van der Waals surface area contributed by atoms with Crippen LogP contribution in [0.4, 0.5) is 5.69 Å². The second-order valence-corrected chi connectivity index (χ2v) is 7.06. The molecule has 0 saturated heterocycles. The Kier molecular flexibility index (Phi) is 6.12. The van der Waals surface area contributed by atoms with Gasteiger partial charge in [0.1, 0.15) is 5.56 Å². The first-order chi connectivity index (χ1) is 13.9. The minimum atomic E-state index is -0.546. The Morgan fingerprint density at radius 1 is 1.00 bits per heavy atom. The summed E-state index contributed by atoms with van der Waals surface area (Å²) in [7, 11) is 0. The lowest BCUT2D eigenvalue weighted by molar-refractivity contribution is -0.119. The van der Waals surface area contributed by atoms with Crippen LogP contribution in [0.5, 0.6) is 0 Å². The predicted molar refractivity (Wildman–Crippen MR) is 112 cm³/mol. The molecule has 1 N–H and O–H groups in total. The highest BCUT2D eigenvalue weighted by Crippen LogP contribution is 2.18. The standard InChI is InChI=1S/C23H25N3O3/c1-15-9-8-12-20(16(15)2)24-21(27)14-29-23(28)22-17(3)25-26(18(22)4)13-19-10-6-5-7-11-19/h5-12H,13-14H2,1-4H3,(H,24,27). The van der Waals surface area contributed by atoms with E-state index in [0.29, 0.717) is 29.2 Å². The van der Waals surface area contributed by atoms with E-state index >= 15 is 0 Å². The molecule has 150 valence electrons. The number of hydrogen-bond donors (Lipinski definition) is 1. The van der Waals surface area contributed by atoms with Crippen LogP contribution in [0.1, 0.15) is 38.4 Å². The van der Waals surface area contributed by atoms with Crippen molar-refractivity contribution in [3.8, 4) is 0 Å². The predicted octanol–water partition coefficient (Wildman–Crippen LogP) is 3.96. The second kappa shape index (κ2) is 8.73. The Labute approximate surface area is 170 Å². The summed E-state index contributed by atoms with van der Waals surface area (Å²) in [6.07, 6.45) is 0. The van der Waals surface area contributed by atoms with Crippen LogP contribution in [-0.4, -0.2) is 28.3 Å². The first kappa shape index (κ1) is 20.3. The number of amides is 1. The molecule has 0 fully saturated rings. The van der Waals surface area contributed by atoms with Gasteiger partial charge >= 0.3 is 5.97 Å². The van der Waals surface area contributed by atoms with E-state index in [0.717, 1.165) is 16.7 Å². The maximum Gasteiger partial charge on any atom is 0.342 e. The number of benzene rings is 2. The number of nitrogens with zero attached hydrogens (tertiary/aromatic N) is 2. The van der Waals surface area contributed by atoms with E-state index in [4.69, 9.17) is 4.74 Å². The lowest BCUT2D eigenvalue weighted by atomic mass is 10.1. The molecule has 6 nitrogen and oxygen atoms in total. The summed E-state index contributed by atoms with van der Waals surface area (Å²) in [6, 6.07) is 15.6. The van der Waals surface area contributed by atoms with E-state index in [1.54, 1.807) is 11.6 Å². The molecule has 0 aliphatic heterocycles. The molecule has 2 aromatic carbocycles. The van der Waals surface area contributed by atoms with Gasteiger partial charge in [-0.25, -0.2) is 4.79 Å². The van der Waals surface area contributed by atoms with E-state index in [1.165, 1.54) is 0 Å². The molecule has 6 heteroatoms. The molecule has 0 saturated carbocycles. The number of aromatic nitrogens is 2. The lowest BCUT2D eigenvalue weighted by Crippen LogP contribution is -2.22. The van der Waals surface area contributed by atoms with E-state index < -0.39 is 5.97 Å². The summed E-state index contributed by atoms with van der Waals surface area (Å²) < 4.78 is 7.03. The fourth-order valence-corrected chi connectivity index (χ4v) is 3.18. The number of ether oxygens (including phenoxy) is 1. The highest BCUT2D eigenvalue weighted by Gasteiger charge is 2.21. The number of hydrogen-bond acceptors (Lipinski definition) is 4. The summed E-state index contributed by atoms with van der Waals surface area (Å²) >= 11 is 0. The van der Waals surface area contributed by atoms with Gasteiger partial charge in [0.2, 0.25) is 0 Å². The van der Waals surface area contributed by atoms with Crippen molar-refractivity contribution in [2.45, 2.75) is 34.2 Å². The van der Waals surface area contributed by atoms with Crippen LogP contribution in [0.2, 0.25) is 0 Å². The van der Waals surface area contributed by atoms with E-state index in [-0.39, 0.29) is 12.5 Å². The Hall–Kier alpha value is -3.41. The number of aryl methyl sites for hydroxylation is 2.